The molecule has 8 heteroatoms. The highest BCUT2D eigenvalue weighted by Gasteiger charge is 2.44. The molecule has 0 radical (unpaired) electrons. The van der Waals surface area contributed by atoms with Gasteiger partial charge in [0, 0.05) is 25.0 Å². The summed E-state index contributed by atoms with van der Waals surface area (Å²) in [5, 5.41) is 9.37. The van der Waals surface area contributed by atoms with Crippen molar-refractivity contribution in [1.82, 2.24) is 20.9 Å². The lowest BCUT2D eigenvalue weighted by molar-refractivity contribution is -0.136. The van der Waals surface area contributed by atoms with Gasteiger partial charge in [-0.25, -0.2) is 0 Å². The minimum Gasteiger partial charge on any atom is -0.315 e. The lowest BCUT2D eigenvalue weighted by Gasteiger charge is -2.39. The van der Waals surface area contributed by atoms with Crippen molar-refractivity contribution >= 4 is 23.6 Å². The summed E-state index contributed by atoms with van der Waals surface area (Å²) in [5.74, 6) is -1.90. The fourth-order valence-electron chi connectivity index (χ4n) is 4.82. The van der Waals surface area contributed by atoms with Crippen LogP contribution < -0.4 is 16.0 Å². The van der Waals surface area contributed by atoms with E-state index in [4.69, 9.17) is 0 Å². The zero-order valence-electron chi connectivity index (χ0n) is 17.3. The third kappa shape index (κ3) is 3.77. The molecule has 0 saturated carbocycles. The number of hydrogen-bond acceptors (Lipinski definition) is 6. The standard InChI is InChI=1S/C22H28N4O4/c1-2-8-22(9-3-10-23-13-22)24-12-14-4-5-15-16(11-14)21(30)26(20(15)29)17-6-7-18(27)25-19(17)28/h4-5,11,17,23-24H,2-3,6-10,12-13H2,1H3,(H,25,27,28). The number of imide groups is 2. The molecule has 0 aromatic heterocycles. The van der Waals surface area contributed by atoms with Crippen LogP contribution in [-0.2, 0) is 16.1 Å². The van der Waals surface area contributed by atoms with Crippen LogP contribution in [0.1, 0.15) is 71.7 Å². The Hall–Kier alpha value is -2.58. The Morgan fingerprint density at radius 3 is 2.67 bits per heavy atom. The van der Waals surface area contributed by atoms with Gasteiger partial charge in [0.1, 0.15) is 6.04 Å². The van der Waals surface area contributed by atoms with Crippen LogP contribution in [0.3, 0.4) is 0 Å². The number of rotatable bonds is 6. The molecule has 3 N–H and O–H groups in total. The molecule has 2 saturated heterocycles. The van der Waals surface area contributed by atoms with E-state index in [0.717, 1.165) is 49.2 Å². The van der Waals surface area contributed by atoms with Crippen LogP contribution in [0.4, 0.5) is 0 Å². The van der Waals surface area contributed by atoms with Gasteiger partial charge in [-0.3, -0.25) is 29.4 Å². The van der Waals surface area contributed by atoms with E-state index in [1.54, 1.807) is 12.1 Å². The molecular weight excluding hydrogens is 384 g/mol. The van der Waals surface area contributed by atoms with Gasteiger partial charge in [0.15, 0.2) is 0 Å². The summed E-state index contributed by atoms with van der Waals surface area (Å²) >= 11 is 0. The predicted octanol–water partition coefficient (Wildman–Crippen LogP) is 1.10. The number of amides is 4. The van der Waals surface area contributed by atoms with Crippen LogP contribution in [0.2, 0.25) is 0 Å². The molecule has 0 spiro atoms. The summed E-state index contributed by atoms with van der Waals surface area (Å²) in [4.78, 5) is 50.4. The van der Waals surface area contributed by atoms with Crippen LogP contribution in [0.25, 0.3) is 0 Å². The van der Waals surface area contributed by atoms with Gasteiger partial charge in [0.2, 0.25) is 11.8 Å². The first-order chi connectivity index (χ1) is 14.4. The van der Waals surface area contributed by atoms with Gasteiger partial charge in [0.25, 0.3) is 11.8 Å². The molecule has 3 heterocycles. The molecule has 2 atom stereocenters. The molecule has 30 heavy (non-hydrogen) atoms. The van der Waals surface area contributed by atoms with Crippen molar-refractivity contribution in [1.29, 1.82) is 0 Å². The summed E-state index contributed by atoms with van der Waals surface area (Å²) in [7, 11) is 0. The van der Waals surface area contributed by atoms with Gasteiger partial charge in [0.05, 0.1) is 11.1 Å². The highest BCUT2D eigenvalue weighted by atomic mass is 16.2. The molecule has 3 aliphatic heterocycles. The van der Waals surface area contributed by atoms with Crippen molar-refractivity contribution in [3.63, 3.8) is 0 Å². The molecule has 4 amide bonds. The van der Waals surface area contributed by atoms with E-state index in [1.807, 2.05) is 6.07 Å². The topological polar surface area (TPSA) is 108 Å². The van der Waals surface area contributed by atoms with Crippen molar-refractivity contribution in [2.45, 2.75) is 63.6 Å². The Morgan fingerprint density at radius 1 is 1.17 bits per heavy atom. The normalized spacial score (nSPS) is 26.7. The molecule has 1 aromatic carbocycles. The van der Waals surface area contributed by atoms with Gasteiger partial charge < -0.3 is 10.6 Å². The summed E-state index contributed by atoms with van der Waals surface area (Å²) in [5.41, 5.74) is 1.62. The zero-order valence-corrected chi connectivity index (χ0v) is 17.3. The monoisotopic (exact) mass is 412 g/mol. The van der Waals surface area contributed by atoms with Crippen LogP contribution >= 0.6 is 0 Å². The summed E-state index contributed by atoms with van der Waals surface area (Å²) in [6.45, 7) is 4.75. The van der Waals surface area contributed by atoms with Crippen molar-refractivity contribution in [3.8, 4) is 0 Å². The van der Waals surface area contributed by atoms with Crippen molar-refractivity contribution in [2.75, 3.05) is 13.1 Å². The van der Waals surface area contributed by atoms with Crippen LogP contribution in [0.5, 0.6) is 0 Å². The van der Waals surface area contributed by atoms with E-state index in [-0.39, 0.29) is 24.3 Å². The molecule has 8 nitrogen and oxygen atoms in total. The van der Waals surface area contributed by atoms with Gasteiger partial charge in [-0.05, 0) is 49.9 Å². The average molecular weight is 412 g/mol. The lowest BCUT2D eigenvalue weighted by Crippen LogP contribution is -2.55. The fourth-order valence-corrected chi connectivity index (χ4v) is 4.82. The quantitative estimate of drug-likeness (QED) is 0.604. The summed E-state index contributed by atoms with van der Waals surface area (Å²) < 4.78 is 0. The Bertz CT molecular complexity index is 886. The number of hydrogen-bond donors (Lipinski definition) is 3. The SMILES string of the molecule is CCCC1(NCc2ccc3c(c2)C(=O)N(C2CCC(=O)NC2=O)C3=O)CCCNC1. The molecule has 3 aliphatic rings. The first-order valence-corrected chi connectivity index (χ1v) is 10.7. The second-order valence-corrected chi connectivity index (χ2v) is 8.49. The maximum absolute atomic E-state index is 13.0. The van der Waals surface area contributed by atoms with E-state index in [0.29, 0.717) is 17.7 Å². The van der Waals surface area contributed by atoms with E-state index in [1.165, 1.54) is 0 Å². The minimum atomic E-state index is -0.933. The van der Waals surface area contributed by atoms with Gasteiger partial charge in [-0.15, -0.1) is 0 Å². The number of piperidine rings is 2. The van der Waals surface area contributed by atoms with Gasteiger partial charge >= 0.3 is 0 Å². The van der Waals surface area contributed by atoms with Crippen molar-refractivity contribution in [2.24, 2.45) is 0 Å². The number of nitrogens with one attached hydrogen (secondary N) is 3. The molecule has 0 bridgehead atoms. The van der Waals surface area contributed by atoms with E-state index in [2.05, 4.69) is 22.9 Å². The maximum atomic E-state index is 13.0. The first-order valence-electron chi connectivity index (χ1n) is 10.7. The smallest absolute Gasteiger partial charge is 0.262 e. The number of benzene rings is 1. The Labute approximate surface area is 175 Å². The lowest BCUT2D eigenvalue weighted by atomic mass is 9.85. The van der Waals surface area contributed by atoms with Crippen molar-refractivity contribution < 1.29 is 19.2 Å². The second kappa shape index (κ2) is 8.28. The van der Waals surface area contributed by atoms with E-state index in [9.17, 15) is 19.2 Å². The van der Waals surface area contributed by atoms with Crippen LogP contribution in [0.15, 0.2) is 18.2 Å². The van der Waals surface area contributed by atoms with E-state index >= 15 is 0 Å². The fraction of sp³-hybridized carbons (Fsp3) is 0.545. The molecular formula is C22H28N4O4. The molecule has 2 unspecified atom stereocenters. The predicted molar refractivity (Wildman–Crippen MR) is 110 cm³/mol. The molecule has 1 aromatic rings. The Kier molecular flexibility index (Phi) is 5.71. The summed E-state index contributed by atoms with van der Waals surface area (Å²) in [6, 6.07) is 4.35. The number of carbonyl (C=O) groups excluding carboxylic acids is 4. The third-order valence-corrected chi connectivity index (χ3v) is 6.37. The molecule has 0 aliphatic carbocycles. The maximum Gasteiger partial charge on any atom is 0.262 e. The zero-order chi connectivity index (χ0) is 21.3. The van der Waals surface area contributed by atoms with E-state index < -0.39 is 23.8 Å². The molecule has 2 fully saturated rings. The van der Waals surface area contributed by atoms with Gasteiger partial charge in [-0.2, -0.15) is 0 Å². The minimum absolute atomic E-state index is 0.0462. The van der Waals surface area contributed by atoms with Crippen LogP contribution in [0, 0.1) is 0 Å². The Balaban J connectivity index is 1.50. The number of nitrogens with zero attached hydrogens (tertiary/aromatic N) is 1. The highest BCUT2D eigenvalue weighted by molar-refractivity contribution is 6.23. The number of carbonyl (C=O) groups is 4. The Morgan fingerprint density at radius 2 is 1.97 bits per heavy atom. The average Bonchev–Trinajstić information content (AvgIpc) is 2.98. The summed E-state index contributed by atoms with van der Waals surface area (Å²) in [6.07, 6.45) is 4.69. The van der Waals surface area contributed by atoms with Crippen molar-refractivity contribution in [3.05, 3.63) is 34.9 Å². The number of fused-ring (bicyclic) bond motifs is 1. The second-order valence-electron chi connectivity index (χ2n) is 8.49. The first kappa shape index (κ1) is 20.7. The van der Waals surface area contributed by atoms with Crippen LogP contribution in [-0.4, -0.2) is 53.2 Å². The largest absolute Gasteiger partial charge is 0.315 e. The third-order valence-electron chi connectivity index (χ3n) is 6.37. The molecule has 4 rings (SSSR count). The molecule has 160 valence electrons. The highest BCUT2D eigenvalue weighted by Crippen LogP contribution is 2.29. The van der Waals surface area contributed by atoms with Gasteiger partial charge in [-0.1, -0.05) is 19.4 Å².